The van der Waals surface area contributed by atoms with Crippen molar-refractivity contribution in [2.75, 3.05) is 5.32 Å². The van der Waals surface area contributed by atoms with Crippen LogP contribution in [0.5, 0.6) is 0 Å². The maximum atomic E-state index is 3.57. The molecule has 1 aliphatic heterocycles. The standard InChI is InChI=1S/C13H16N2/c1-3-11-6-10-5-9-4-8(2)14-12(9)7-13(10)15-11/h4-5,7,11,14-15H,3,6H2,1-2H3. The molecule has 1 aliphatic rings. The number of hydrogen-bond donors (Lipinski definition) is 2. The Balaban J connectivity index is 2.12. The lowest BCUT2D eigenvalue weighted by Crippen LogP contribution is -2.12. The third kappa shape index (κ3) is 1.32. The average molecular weight is 200 g/mol. The van der Waals surface area contributed by atoms with Crippen LogP contribution in [0.3, 0.4) is 0 Å². The number of hydrogen-bond acceptors (Lipinski definition) is 1. The normalized spacial score (nSPS) is 19.2. The summed E-state index contributed by atoms with van der Waals surface area (Å²) in [4.78, 5) is 3.38. The van der Waals surface area contributed by atoms with Crippen LogP contribution in [0.1, 0.15) is 24.6 Å². The van der Waals surface area contributed by atoms with Crippen molar-refractivity contribution in [3.8, 4) is 0 Å². The summed E-state index contributed by atoms with van der Waals surface area (Å²) in [7, 11) is 0. The zero-order valence-electron chi connectivity index (χ0n) is 9.22. The summed E-state index contributed by atoms with van der Waals surface area (Å²) in [6.45, 7) is 4.34. The minimum Gasteiger partial charge on any atom is -0.382 e. The van der Waals surface area contributed by atoms with E-state index in [0.717, 1.165) is 0 Å². The second-order valence-corrected chi connectivity index (χ2v) is 4.50. The third-order valence-corrected chi connectivity index (χ3v) is 3.30. The molecule has 0 aliphatic carbocycles. The van der Waals surface area contributed by atoms with Gasteiger partial charge < -0.3 is 10.3 Å². The van der Waals surface area contributed by atoms with E-state index in [9.17, 15) is 0 Å². The first-order chi connectivity index (χ1) is 7.26. The number of aromatic amines is 1. The number of benzene rings is 1. The molecule has 1 unspecified atom stereocenters. The number of H-pyrrole nitrogens is 1. The molecule has 0 amide bonds. The Labute approximate surface area is 89.7 Å². The molecule has 2 nitrogen and oxygen atoms in total. The van der Waals surface area contributed by atoms with E-state index in [-0.39, 0.29) is 0 Å². The van der Waals surface area contributed by atoms with E-state index in [1.54, 1.807) is 0 Å². The van der Waals surface area contributed by atoms with Gasteiger partial charge in [-0.15, -0.1) is 0 Å². The second kappa shape index (κ2) is 3.02. The maximum absolute atomic E-state index is 3.57. The van der Waals surface area contributed by atoms with E-state index in [1.807, 2.05) is 0 Å². The number of nitrogens with one attached hydrogen (secondary N) is 2. The summed E-state index contributed by atoms with van der Waals surface area (Å²) < 4.78 is 0. The van der Waals surface area contributed by atoms with Crippen LogP contribution in [0, 0.1) is 6.92 Å². The summed E-state index contributed by atoms with van der Waals surface area (Å²) in [5.74, 6) is 0. The Kier molecular flexibility index (Phi) is 1.78. The van der Waals surface area contributed by atoms with Crippen molar-refractivity contribution in [1.29, 1.82) is 0 Å². The molecule has 15 heavy (non-hydrogen) atoms. The number of fused-ring (bicyclic) bond motifs is 2. The van der Waals surface area contributed by atoms with Gasteiger partial charge in [-0.2, -0.15) is 0 Å². The van der Waals surface area contributed by atoms with E-state index in [1.165, 1.54) is 40.7 Å². The highest BCUT2D eigenvalue weighted by Gasteiger charge is 2.19. The van der Waals surface area contributed by atoms with Gasteiger partial charge in [0.1, 0.15) is 0 Å². The lowest BCUT2D eigenvalue weighted by atomic mass is 10.1. The monoisotopic (exact) mass is 200 g/mol. The molecule has 2 heterocycles. The smallest absolute Gasteiger partial charge is 0.0476 e. The minimum atomic E-state index is 0.632. The molecule has 0 spiro atoms. The van der Waals surface area contributed by atoms with Crippen LogP contribution >= 0.6 is 0 Å². The van der Waals surface area contributed by atoms with Crippen LogP contribution in [-0.2, 0) is 6.42 Å². The van der Waals surface area contributed by atoms with Crippen molar-refractivity contribution >= 4 is 16.6 Å². The van der Waals surface area contributed by atoms with Gasteiger partial charge in [0.2, 0.25) is 0 Å². The molecule has 1 atom stereocenters. The fourth-order valence-corrected chi connectivity index (χ4v) is 2.46. The molecular formula is C13H16N2. The van der Waals surface area contributed by atoms with Crippen LogP contribution in [0.2, 0.25) is 0 Å². The Morgan fingerprint density at radius 3 is 3.00 bits per heavy atom. The predicted octanol–water partition coefficient (Wildman–Crippen LogP) is 3.22. The van der Waals surface area contributed by atoms with E-state index >= 15 is 0 Å². The Morgan fingerprint density at radius 2 is 2.20 bits per heavy atom. The Morgan fingerprint density at radius 1 is 1.33 bits per heavy atom. The largest absolute Gasteiger partial charge is 0.382 e. The van der Waals surface area contributed by atoms with Gasteiger partial charge in [-0.05, 0) is 43.5 Å². The van der Waals surface area contributed by atoms with Crippen molar-refractivity contribution in [3.05, 3.63) is 29.5 Å². The van der Waals surface area contributed by atoms with Crippen molar-refractivity contribution in [3.63, 3.8) is 0 Å². The van der Waals surface area contributed by atoms with Gasteiger partial charge in [-0.25, -0.2) is 0 Å². The number of aromatic nitrogens is 1. The average Bonchev–Trinajstić information content (AvgIpc) is 2.74. The topological polar surface area (TPSA) is 27.8 Å². The maximum Gasteiger partial charge on any atom is 0.0476 e. The third-order valence-electron chi connectivity index (χ3n) is 3.30. The van der Waals surface area contributed by atoms with E-state index < -0.39 is 0 Å². The quantitative estimate of drug-likeness (QED) is 0.726. The van der Waals surface area contributed by atoms with Gasteiger partial charge in [0, 0.05) is 28.3 Å². The van der Waals surface area contributed by atoms with Crippen molar-refractivity contribution in [2.45, 2.75) is 32.7 Å². The van der Waals surface area contributed by atoms with E-state index in [0.29, 0.717) is 6.04 Å². The highest BCUT2D eigenvalue weighted by atomic mass is 14.9. The molecule has 1 aromatic carbocycles. The van der Waals surface area contributed by atoms with Gasteiger partial charge in [0.05, 0.1) is 0 Å². The van der Waals surface area contributed by atoms with Gasteiger partial charge in [0.15, 0.2) is 0 Å². The van der Waals surface area contributed by atoms with Crippen LogP contribution in [0.4, 0.5) is 5.69 Å². The van der Waals surface area contributed by atoms with Crippen LogP contribution < -0.4 is 5.32 Å². The van der Waals surface area contributed by atoms with E-state index in [2.05, 4.69) is 42.3 Å². The predicted molar refractivity (Wildman–Crippen MR) is 64.4 cm³/mol. The van der Waals surface area contributed by atoms with Crippen LogP contribution in [0.15, 0.2) is 18.2 Å². The fraction of sp³-hybridized carbons (Fsp3) is 0.385. The molecule has 0 bridgehead atoms. The molecule has 2 aromatic rings. The molecular weight excluding hydrogens is 184 g/mol. The first-order valence-corrected chi connectivity index (χ1v) is 5.65. The van der Waals surface area contributed by atoms with Crippen LogP contribution in [-0.4, -0.2) is 11.0 Å². The fourth-order valence-electron chi connectivity index (χ4n) is 2.46. The summed E-state index contributed by atoms with van der Waals surface area (Å²) in [6.07, 6.45) is 2.37. The first kappa shape index (κ1) is 8.84. The molecule has 0 saturated heterocycles. The summed E-state index contributed by atoms with van der Waals surface area (Å²) in [5.41, 5.74) is 5.26. The molecule has 78 valence electrons. The van der Waals surface area contributed by atoms with Gasteiger partial charge in [0.25, 0.3) is 0 Å². The summed E-state index contributed by atoms with van der Waals surface area (Å²) in [6, 6.07) is 7.41. The second-order valence-electron chi connectivity index (χ2n) is 4.50. The molecule has 0 radical (unpaired) electrons. The number of aryl methyl sites for hydroxylation is 1. The minimum absolute atomic E-state index is 0.632. The van der Waals surface area contributed by atoms with Crippen molar-refractivity contribution in [2.24, 2.45) is 0 Å². The summed E-state index contributed by atoms with van der Waals surface area (Å²) in [5, 5.41) is 4.90. The highest BCUT2D eigenvalue weighted by molar-refractivity contribution is 5.86. The Bertz CT molecular complexity index is 467. The lowest BCUT2D eigenvalue weighted by molar-refractivity contribution is 0.724. The SMILES string of the molecule is CCC1Cc2cc3cc(C)[nH]c3cc2N1. The summed E-state index contributed by atoms with van der Waals surface area (Å²) >= 11 is 0. The van der Waals surface area contributed by atoms with Gasteiger partial charge in [-0.1, -0.05) is 6.92 Å². The molecule has 0 fully saturated rings. The number of rotatable bonds is 1. The molecule has 0 saturated carbocycles. The molecule has 3 rings (SSSR count). The zero-order chi connectivity index (χ0) is 10.4. The van der Waals surface area contributed by atoms with Gasteiger partial charge >= 0.3 is 0 Å². The lowest BCUT2D eigenvalue weighted by Gasteiger charge is -2.05. The van der Waals surface area contributed by atoms with Gasteiger partial charge in [-0.3, -0.25) is 0 Å². The van der Waals surface area contributed by atoms with Crippen molar-refractivity contribution < 1.29 is 0 Å². The first-order valence-electron chi connectivity index (χ1n) is 5.65. The molecule has 1 aromatic heterocycles. The van der Waals surface area contributed by atoms with E-state index in [4.69, 9.17) is 0 Å². The Hall–Kier alpha value is -1.44. The molecule has 2 N–H and O–H groups in total. The highest BCUT2D eigenvalue weighted by Crippen LogP contribution is 2.31. The zero-order valence-corrected chi connectivity index (χ0v) is 9.22. The molecule has 2 heteroatoms. The van der Waals surface area contributed by atoms with Crippen LogP contribution in [0.25, 0.3) is 10.9 Å². The van der Waals surface area contributed by atoms with Crippen molar-refractivity contribution in [1.82, 2.24) is 4.98 Å². The number of anilines is 1.